The molecule has 19 heavy (non-hydrogen) atoms. The fourth-order valence-corrected chi connectivity index (χ4v) is 2.21. The molecular formula is C14H18N2O3. The Morgan fingerprint density at radius 2 is 2.11 bits per heavy atom. The summed E-state index contributed by atoms with van der Waals surface area (Å²) < 4.78 is 0. The quantitative estimate of drug-likeness (QED) is 0.801. The summed E-state index contributed by atoms with van der Waals surface area (Å²) in [5.74, 6) is -0.203. The molecule has 0 saturated carbocycles. The predicted octanol–water partition coefficient (Wildman–Crippen LogP) is 0.286. The Hall–Kier alpha value is -1.88. The summed E-state index contributed by atoms with van der Waals surface area (Å²) in [6.45, 7) is 0.645. The van der Waals surface area contributed by atoms with E-state index in [-0.39, 0.29) is 25.0 Å². The van der Waals surface area contributed by atoms with E-state index in [1.807, 2.05) is 30.3 Å². The van der Waals surface area contributed by atoms with Crippen molar-refractivity contribution in [1.29, 1.82) is 0 Å². The number of hydrogen-bond donors (Lipinski definition) is 2. The molecule has 1 atom stereocenters. The van der Waals surface area contributed by atoms with E-state index in [0.29, 0.717) is 19.4 Å². The number of carbonyl (C=O) groups is 2. The summed E-state index contributed by atoms with van der Waals surface area (Å²) in [6, 6.07) is 9.17. The molecule has 2 amide bonds. The van der Waals surface area contributed by atoms with Crippen LogP contribution in [0, 0.1) is 0 Å². The molecule has 1 aliphatic rings. The third-order valence-electron chi connectivity index (χ3n) is 3.19. The van der Waals surface area contributed by atoms with Gasteiger partial charge in [0, 0.05) is 19.5 Å². The molecule has 2 rings (SSSR count). The van der Waals surface area contributed by atoms with Crippen LogP contribution in [0.1, 0.15) is 18.4 Å². The van der Waals surface area contributed by atoms with E-state index in [0.717, 1.165) is 5.56 Å². The van der Waals surface area contributed by atoms with Gasteiger partial charge in [-0.05, 0) is 12.0 Å². The van der Waals surface area contributed by atoms with Crippen molar-refractivity contribution < 1.29 is 14.7 Å². The molecule has 2 N–H and O–H groups in total. The van der Waals surface area contributed by atoms with Crippen LogP contribution in [0.4, 0.5) is 0 Å². The van der Waals surface area contributed by atoms with Gasteiger partial charge in [0.2, 0.25) is 11.8 Å². The van der Waals surface area contributed by atoms with Gasteiger partial charge in [-0.2, -0.15) is 0 Å². The van der Waals surface area contributed by atoms with Crippen molar-refractivity contribution in [2.45, 2.75) is 25.4 Å². The average Bonchev–Trinajstić information content (AvgIpc) is 2.85. The first-order valence-electron chi connectivity index (χ1n) is 6.43. The Morgan fingerprint density at radius 3 is 2.68 bits per heavy atom. The third-order valence-corrected chi connectivity index (χ3v) is 3.19. The molecule has 0 radical (unpaired) electrons. The minimum absolute atomic E-state index is 0.0815. The van der Waals surface area contributed by atoms with E-state index in [1.165, 1.54) is 0 Å². The van der Waals surface area contributed by atoms with Gasteiger partial charge in [0.25, 0.3) is 0 Å². The average molecular weight is 262 g/mol. The molecule has 102 valence electrons. The van der Waals surface area contributed by atoms with E-state index in [4.69, 9.17) is 5.11 Å². The highest BCUT2D eigenvalue weighted by molar-refractivity contribution is 5.90. The minimum Gasteiger partial charge on any atom is -0.395 e. The first-order valence-corrected chi connectivity index (χ1v) is 6.43. The second kappa shape index (κ2) is 6.33. The lowest BCUT2D eigenvalue weighted by atomic mass is 10.1. The zero-order valence-electron chi connectivity index (χ0n) is 10.7. The lowest BCUT2D eigenvalue weighted by molar-refractivity contribution is -0.135. The lowest BCUT2D eigenvalue weighted by Gasteiger charge is -2.25. The summed E-state index contributed by atoms with van der Waals surface area (Å²) >= 11 is 0. The fraction of sp³-hybridized carbons (Fsp3) is 0.429. The Kier molecular flexibility index (Phi) is 4.52. The molecule has 1 aromatic carbocycles. The standard InChI is InChI=1S/C14H18N2O3/c17-9-8-16(10-11-4-2-1-3-5-11)14(19)12-6-7-13(18)15-12/h1-5,12,17H,6-10H2,(H,15,18). The van der Waals surface area contributed by atoms with Crippen LogP contribution >= 0.6 is 0 Å². The van der Waals surface area contributed by atoms with Crippen molar-refractivity contribution in [2.24, 2.45) is 0 Å². The molecule has 1 aliphatic heterocycles. The van der Waals surface area contributed by atoms with E-state index in [9.17, 15) is 9.59 Å². The Labute approximate surface area is 112 Å². The van der Waals surface area contributed by atoms with Crippen molar-refractivity contribution in [3.63, 3.8) is 0 Å². The molecule has 1 unspecified atom stereocenters. The molecule has 0 aliphatic carbocycles. The van der Waals surface area contributed by atoms with Gasteiger partial charge >= 0.3 is 0 Å². The molecule has 5 heteroatoms. The summed E-state index contributed by atoms with van der Waals surface area (Å²) in [6.07, 6.45) is 0.934. The SMILES string of the molecule is O=C1CCC(C(=O)N(CCO)Cc2ccccc2)N1. The van der Waals surface area contributed by atoms with Gasteiger partial charge in [0.05, 0.1) is 6.61 Å². The number of nitrogens with one attached hydrogen (secondary N) is 1. The summed E-state index contributed by atoms with van der Waals surface area (Å²) in [7, 11) is 0. The molecule has 0 aromatic heterocycles. The van der Waals surface area contributed by atoms with E-state index in [2.05, 4.69) is 5.32 Å². The van der Waals surface area contributed by atoms with Crippen LogP contribution in [0.25, 0.3) is 0 Å². The number of aliphatic hydroxyl groups excluding tert-OH is 1. The Bertz CT molecular complexity index is 447. The second-order valence-corrected chi connectivity index (χ2v) is 4.63. The number of nitrogens with zero attached hydrogens (tertiary/aromatic N) is 1. The number of benzene rings is 1. The zero-order valence-corrected chi connectivity index (χ0v) is 10.7. The maximum absolute atomic E-state index is 12.3. The Morgan fingerprint density at radius 1 is 1.37 bits per heavy atom. The van der Waals surface area contributed by atoms with Crippen LogP contribution < -0.4 is 5.32 Å². The first-order chi connectivity index (χ1) is 9.20. The summed E-state index contributed by atoms with van der Waals surface area (Å²) in [5.41, 5.74) is 1.01. The molecule has 1 aromatic rings. The van der Waals surface area contributed by atoms with Crippen molar-refractivity contribution in [1.82, 2.24) is 10.2 Å². The van der Waals surface area contributed by atoms with Crippen LogP contribution in [-0.2, 0) is 16.1 Å². The van der Waals surface area contributed by atoms with Gasteiger partial charge in [0.15, 0.2) is 0 Å². The van der Waals surface area contributed by atoms with Crippen LogP contribution in [0.3, 0.4) is 0 Å². The topological polar surface area (TPSA) is 69.6 Å². The van der Waals surface area contributed by atoms with Crippen LogP contribution in [-0.4, -0.2) is 41.0 Å². The number of amides is 2. The monoisotopic (exact) mass is 262 g/mol. The van der Waals surface area contributed by atoms with Gasteiger partial charge in [-0.25, -0.2) is 0 Å². The number of rotatable bonds is 5. The van der Waals surface area contributed by atoms with Crippen LogP contribution in [0.15, 0.2) is 30.3 Å². The highest BCUT2D eigenvalue weighted by Gasteiger charge is 2.30. The van der Waals surface area contributed by atoms with Crippen molar-refractivity contribution in [2.75, 3.05) is 13.2 Å². The van der Waals surface area contributed by atoms with Crippen molar-refractivity contribution >= 4 is 11.8 Å². The zero-order chi connectivity index (χ0) is 13.7. The number of aliphatic hydroxyl groups is 1. The van der Waals surface area contributed by atoms with Crippen molar-refractivity contribution in [3.8, 4) is 0 Å². The largest absolute Gasteiger partial charge is 0.395 e. The summed E-state index contributed by atoms with van der Waals surface area (Å²) in [5, 5.41) is 11.7. The molecule has 0 bridgehead atoms. The number of carbonyl (C=O) groups excluding carboxylic acids is 2. The molecule has 0 spiro atoms. The minimum atomic E-state index is -0.442. The van der Waals surface area contributed by atoms with Gasteiger partial charge in [0.1, 0.15) is 6.04 Å². The maximum atomic E-state index is 12.3. The van der Waals surface area contributed by atoms with Crippen LogP contribution in [0.2, 0.25) is 0 Å². The number of hydrogen-bond acceptors (Lipinski definition) is 3. The molecule has 5 nitrogen and oxygen atoms in total. The fourth-order valence-electron chi connectivity index (χ4n) is 2.21. The highest BCUT2D eigenvalue weighted by atomic mass is 16.3. The third kappa shape index (κ3) is 3.54. The predicted molar refractivity (Wildman–Crippen MR) is 70.1 cm³/mol. The molecule has 1 fully saturated rings. The smallest absolute Gasteiger partial charge is 0.245 e. The maximum Gasteiger partial charge on any atom is 0.245 e. The first kappa shape index (κ1) is 13.5. The molecule has 1 saturated heterocycles. The molecule has 1 heterocycles. The van der Waals surface area contributed by atoms with Gasteiger partial charge in [-0.3, -0.25) is 9.59 Å². The van der Waals surface area contributed by atoms with E-state index < -0.39 is 6.04 Å². The van der Waals surface area contributed by atoms with Crippen LogP contribution in [0.5, 0.6) is 0 Å². The van der Waals surface area contributed by atoms with Gasteiger partial charge in [-0.1, -0.05) is 30.3 Å². The van der Waals surface area contributed by atoms with Crippen molar-refractivity contribution in [3.05, 3.63) is 35.9 Å². The Balaban J connectivity index is 2.02. The van der Waals surface area contributed by atoms with Gasteiger partial charge < -0.3 is 15.3 Å². The van der Waals surface area contributed by atoms with Gasteiger partial charge in [-0.15, -0.1) is 0 Å². The molecular weight excluding hydrogens is 244 g/mol. The lowest BCUT2D eigenvalue weighted by Crippen LogP contribution is -2.45. The van der Waals surface area contributed by atoms with E-state index in [1.54, 1.807) is 4.90 Å². The highest BCUT2D eigenvalue weighted by Crippen LogP contribution is 2.12. The van der Waals surface area contributed by atoms with E-state index >= 15 is 0 Å². The summed E-state index contributed by atoms with van der Waals surface area (Å²) in [4.78, 5) is 25.0. The normalized spacial score (nSPS) is 18.2. The second-order valence-electron chi connectivity index (χ2n) is 4.63.